The average Bonchev–Trinajstić information content (AvgIpc) is 3.27. The number of aromatic nitrogens is 2. The van der Waals surface area contributed by atoms with Gasteiger partial charge in [0.1, 0.15) is 11.4 Å². The molecular formula is C28H23ClF2N6O3. The highest BCUT2D eigenvalue weighted by Gasteiger charge is 2.61. The first-order valence-corrected chi connectivity index (χ1v) is 12.9. The highest BCUT2D eigenvalue weighted by molar-refractivity contribution is 6.32. The molecule has 3 amide bonds. The lowest BCUT2D eigenvalue weighted by Crippen LogP contribution is -2.63. The van der Waals surface area contributed by atoms with Gasteiger partial charge in [0.2, 0.25) is 11.8 Å². The van der Waals surface area contributed by atoms with Crippen LogP contribution in [0.3, 0.4) is 0 Å². The Morgan fingerprint density at radius 1 is 1.15 bits per heavy atom. The van der Waals surface area contributed by atoms with E-state index in [1.165, 1.54) is 36.8 Å². The molecule has 9 nitrogen and oxygen atoms in total. The summed E-state index contributed by atoms with van der Waals surface area (Å²) in [5.74, 6) is -6.32. The van der Waals surface area contributed by atoms with E-state index in [-0.39, 0.29) is 34.8 Å². The van der Waals surface area contributed by atoms with Crippen LogP contribution in [0.25, 0.3) is 0 Å². The molecule has 0 spiro atoms. The molecule has 2 N–H and O–H groups in total. The molecule has 1 aromatic carbocycles. The Morgan fingerprint density at radius 3 is 2.60 bits per heavy atom. The third kappa shape index (κ3) is 4.98. The molecule has 1 saturated carbocycles. The predicted octanol–water partition coefficient (Wildman–Crippen LogP) is 4.20. The van der Waals surface area contributed by atoms with Crippen molar-refractivity contribution in [2.24, 2.45) is 0 Å². The van der Waals surface area contributed by atoms with Gasteiger partial charge >= 0.3 is 0 Å². The van der Waals surface area contributed by atoms with Crippen LogP contribution in [0.2, 0.25) is 5.02 Å². The number of pyridine rings is 2. The van der Waals surface area contributed by atoms with Gasteiger partial charge in [-0.3, -0.25) is 24.3 Å². The molecule has 1 aliphatic carbocycles. The maximum atomic E-state index is 14.4. The maximum absolute atomic E-state index is 14.4. The summed E-state index contributed by atoms with van der Waals surface area (Å²) in [6, 6.07) is 13.5. The number of carbonyl (C=O) groups excluding carboxylic acids is 3. The van der Waals surface area contributed by atoms with Gasteiger partial charge in [0, 0.05) is 42.7 Å². The van der Waals surface area contributed by atoms with Crippen LogP contribution in [0.1, 0.15) is 42.7 Å². The Morgan fingerprint density at radius 2 is 1.93 bits per heavy atom. The molecule has 1 aliphatic heterocycles. The highest BCUT2D eigenvalue weighted by Crippen LogP contribution is 2.47. The van der Waals surface area contributed by atoms with E-state index in [9.17, 15) is 28.4 Å². The van der Waals surface area contributed by atoms with Gasteiger partial charge in [-0.05, 0) is 42.3 Å². The minimum Gasteiger partial charge on any atom is -0.352 e. The number of hydrogen-bond donors (Lipinski definition) is 2. The largest absolute Gasteiger partial charge is 0.352 e. The van der Waals surface area contributed by atoms with Crippen molar-refractivity contribution in [3.63, 3.8) is 0 Å². The molecule has 5 rings (SSSR count). The van der Waals surface area contributed by atoms with Crippen LogP contribution in [0.4, 0.5) is 20.3 Å². The first kappa shape index (κ1) is 27.1. The molecule has 12 heteroatoms. The molecule has 2 aromatic heterocycles. The van der Waals surface area contributed by atoms with E-state index in [4.69, 9.17) is 11.6 Å². The van der Waals surface area contributed by atoms with Gasteiger partial charge < -0.3 is 10.6 Å². The van der Waals surface area contributed by atoms with Crippen molar-refractivity contribution in [3.05, 3.63) is 83.3 Å². The zero-order chi connectivity index (χ0) is 28.5. The minimum absolute atomic E-state index is 0.0112. The van der Waals surface area contributed by atoms with Crippen molar-refractivity contribution in [3.8, 4) is 6.07 Å². The van der Waals surface area contributed by atoms with E-state index in [2.05, 4.69) is 20.6 Å². The quantitative estimate of drug-likeness (QED) is 0.442. The highest BCUT2D eigenvalue weighted by atomic mass is 35.5. The molecule has 2 aliphatic rings. The fourth-order valence-corrected chi connectivity index (χ4v) is 5.60. The maximum Gasteiger partial charge on any atom is 0.252 e. The number of nitrogens with zero attached hydrogens (tertiary/aromatic N) is 4. The van der Waals surface area contributed by atoms with E-state index in [1.54, 1.807) is 30.3 Å². The summed E-state index contributed by atoms with van der Waals surface area (Å²) in [5.41, 5.74) is -1.22. The molecule has 0 radical (unpaired) electrons. The summed E-state index contributed by atoms with van der Waals surface area (Å²) < 4.78 is 27.3. The summed E-state index contributed by atoms with van der Waals surface area (Å²) in [7, 11) is 0. The number of hydrogen-bond acceptors (Lipinski definition) is 6. The van der Waals surface area contributed by atoms with Gasteiger partial charge in [-0.2, -0.15) is 5.26 Å². The van der Waals surface area contributed by atoms with Crippen molar-refractivity contribution < 1.29 is 23.2 Å². The van der Waals surface area contributed by atoms with Crippen LogP contribution in [-0.4, -0.2) is 45.2 Å². The zero-order valence-corrected chi connectivity index (χ0v) is 21.7. The lowest BCUT2D eigenvalue weighted by atomic mass is 9.74. The first-order chi connectivity index (χ1) is 19.1. The molecule has 0 bridgehead atoms. The van der Waals surface area contributed by atoms with Crippen LogP contribution in [0.15, 0.2) is 67.1 Å². The number of benzene rings is 1. The standard InChI is InChI=1S/C28H23ClF2N6O3/c29-21-6-2-1-5-20(21)24(25(39)35-19-13-27(30,31)14-19)28(26(40)36-18-4-3-10-33-16-18)9-7-23(38)37(28)22-12-17(15-32)8-11-34-22/h1-6,8,10-12,16,19,24H,7,9,13-14H2,(H,35,39)(H,36,40)/t24-,28?/m1/s1. The molecule has 2 fully saturated rings. The smallest absolute Gasteiger partial charge is 0.252 e. The van der Waals surface area contributed by atoms with Crippen molar-refractivity contribution in [2.45, 2.75) is 49.1 Å². The molecule has 204 valence electrons. The monoisotopic (exact) mass is 564 g/mol. The number of alkyl halides is 2. The van der Waals surface area contributed by atoms with Crippen LogP contribution in [0.5, 0.6) is 0 Å². The fraction of sp³-hybridized carbons (Fsp3) is 0.286. The van der Waals surface area contributed by atoms with E-state index in [1.807, 2.05) is 6.07 Å². The number of amides is 3. The Balaban J connectivity index is 1.69. The van der Waals surface area contributed by atoms with E-state index < -0.39 is 54.0 Å². The number of halogens is 3. The van der Waals surface area contributed by atoms with Crippen molar-refractivity contribution in [1.29, 1.82) is 5.26 Å². The van der Waals surface area contributed by atoms with E-state index in [0.29, 0.717) is 5.69 Å². The van der Waals surface area contributed by atoms with Gasteiger partial charge in [0.15, 0.2) is 0 Å². The summed E-state index contributed by atoms with van der Waals surface area (Å²) >= 11 is 6.57. The second-order valence-electron chi connectivity index (χ2n) is 9.79. The minimum atomic E-state index is -2.90. The molecule has 3 aromatic rings. The summed E-state index contributed by atoms with van der Waals surface area (Å²) in [4.78, 5) is 51.3. The third-order valence-corrected chi connectivity index (χ3v) is 7.52. The topological polar surface area (TPSA) is 128 Å². The molecule has 2 atom stereocenters. The number of nitrogens with one attached hydrogen (secondary N) is 2. The van der Waals surface area contributed by atoms with Crippen molar-refractivity contribution in [2.75, 3.05) is 10.2 Å². The Labute approximate surface area is 233 Å². The zero-order valence-electron chi connectivity index (χ0n) is 21.0. The number of carbonyl (C=O) groups is 3. The van der Waals surface area contributed by atoms with Crippen LogP contribution >= 0.6 is 11.6 Å². The van der Waals surface area contributed by atoms with Gasteiger partial charge in [-0.25, -0.2) is 13.8 Å². The SMILES string of the molecule is N#Cc1ccnc(N2C(=O)CCC2(C(=O)Nc2cccnc2)[C@@H](C(=O)NC2CC(F)(F)C2)c2ccccc2Cl)c1. The Hall–Kier alpha value is -4.43. The number of anilines is 2. The summed E-state index contributed by atoms with van der Waals surface area (Å²) in [6.07, 6.45) is 2.90. The Kier molecular flexibility index (Phi) is 7.21. The first-order valence-electron chi connectivity index (χ1n) is 12.5. The average molecular weight is 565 g/mol. The van der Waals surface area contributed by atoms with Crippen molar-refractivity contribution in [1.82, 2.24) is 15.3 Å². The summed E-state index contributed by atoms with van der Waals surface area (Å²) in [5, 5.41) is 15.0. The van der Waals surface area contributed by atoms with E-state index in [0.717, 1.165) is 4.90 Å². The van der Waals surface area contributed by atoms with Crippen LogP contribution < -0.4 is 15.5 Å². The predicted molar refractivity (Wildman–Crippen MR) is 142 cm³/mol. The van der Waals surface area contributed by atoms with Crippen LogP contribution in [0, 0.1) is 11.3 Å². The Bertz CT molecular complexity index is 1510. The second kappa shape index (κ2) is 10.6. The lowest BCUT2D eigenvalue weighted by Gasteiger charge is -2.43. The fourth-order valence-electron chi connectivity index (χ4n) is 5.35. The van der Waals surface area contributed by atoms with E-state index >= 15 is 0 Å². The summed E-state index contributed by atoms with van der Waals surface area (Å²) in [6.45, 7) is 0. The number of rotatable bonds is 7. The molecule has 3 heterocycles. The van der Waals surface area contributed by atoms with Gasteiger partial charge in [0.05, 0.1) is 29.4 Å². The molecule has 1 saturated heterocycles. The second-order valence-corrected chi connectivity index (χ2v) is 10.2. The lowest BCUT2D eigenvalue weighted by molar-refractivity contribution is -0.136. The van der Waals surface area contributed by atoms with Gasteiger partial charge in [0.25, 0.3) is 11.8 Å². The third-order valence-electron chi connectivity index (χ3n) is 7.18. The molecule has 40 heavy (non-hydrogen) atoms. The van der Waals surface area contributed by atoms with Crippen molar-refractivity contribution >= 4 is 40.8 Å². The van der Waals surface area contributed by atoms with Gasteiger partial charge in [-0.15, -0.1) is 0 Å². The van der Waals surface area contributed by atoms with Crippen LogP contribution in [-0.2, 0) is 14.4 Å². The molecular weight excluding hydrogens is 542 g/mol. The van der Waals surface area contributed by atoms with Gasteiger partial charge in [-0.1, -0.05) is 29.8 Å². The molecule has 1 unspecified atom stereocenters. The number of nitriles is 1. The normalized spacial score (nSPS) is 20.8.